The average molecular weight is 630 g/mol. The van der Waals surface area contributed by atoms with Crippen molar-refractivity contribution in [2.45, 2.75) is 37.8 Å². The number of piperazine rings is 1. The summed E-state index contributed by atoms with van der Waals surface area (Å²) < 4.78 is 59.6. The van der Waals surface area contributed by atoms with Gasteiger partial charge in [-0.05, 0) is 55.3 Å². The summed E-state index contributed by atoms with van der Waals surface area (Å²) in [5.41, 5.74) is -0.824. The number of nitrogens with zero attached hydrogens (tertiary/aromatic N) is 4. The van der Waals surface area contributed by atoms with Gasteiger partial charge >= 0.3 is 6.01 Å². The molecule has 3 aliphatic heterocycles. The van der Waals surface area contributed by atoms with Gasteiger partial charge in [-0.1, -0.05) is 12.0 Å². The molecular formula is C35H34F3N5O3. The Bertz CT molecular complexity index is 1890. The first-order valence-electron chi connectivity index (χ1n) is 15.9. The van der Waals surface area contributed by atoms with Crippen LogP contribution in [0.5, 0.6) is 11.8 Å². The van der Waals surface area contributed by atoms with Crippen molar-refractivity contribution >= 4 is 27.5 Å². The van der Waals surface area contributed by atoms with Crippen LogP contribution in [-0.4, -0.2) is 84.6 Å². The molecular weight excluding hydrogens is 595 g/mol. The Labute approximate surface area is 264 Å². The minimum atomic E-state index is -0.963. The van der Waals surface area contributed by atoms with Crippen LogP contribution >= 0.6 is 0 Å². The minimum absolute atomic E-state index is 0.0224. The van der Waals surface area contributed by atoms with Crippen molar-refractivity contribution in [1.29, 1.82) is 0 Å². The van der Waals surface area contributed by atoms with Crippen LogP contribution in [0.4, 0.5) is 19.0 Å². The number of benzene rings is 3. The molecule has 2 atom stereocenters. The van der Waals surface area contributed by atoms with E-state index in [1.165, 1.54) is 30.3 Å². The van der Waals surface area contributed by atoms with E-state index in [0.717, 1.165) is 45.3 Å². The molecule has 4 aliphatic rings. The van der Waals surface area contributed by atoms with Crippen molar-refractivity contribution in [3.63, 3.8) is 0 Å². The topological polar surface area (TPSA) is 83.0 Å². The van der Waals surface area contributed by atoms with Crippen LogP contribution in [-0.2, 0) is 4.74 Å². The smallest absolute Gasteiger partial charge is 0.319 e. The number of halogens is 3. The Morgan fingerprint density at radius 1 is 1.04 bits per heavy atom. The molecule has 3 aromatic carbocycles. The first kappa shape index (κ1) is 29.3. The van der Waals surface area contributed by atoms with Gasteiger partial charge in [0.1, 0.15) is 28.7 Å². The Kier molecular flexibility index (Phi) is 7.20. The molecule has 1 aromatic heterocycles. The van der Waals surface area contributed by atoms with Gasteiger partial charge in [-0.2, -0.15) is 9.97 Å². The van der Waals surface area contributed by atoms with E-state index in [9.17, 15) is 9.50 Å². The summed E-state index contributed by atoms with van der Waals surface area (Å²) in [5.74, 6) is -0.0801. The van der Waals surface area contributed by atoms with E-state index in [-0.39, 0.29) is 56.7 Å². The highest BCUT2D eigenvalue weighted by Gasteiger charge is 2.45. The van der Waals surface area contributed by atoms with Crippen LogP contribution in [0, 0.1) is 35.2 Å². The van der Waals surface area contributed by atoms with Crippen molar-refractivity contribution in [1.82, 2.24) is 20.2 Å². The number of nitrogens with one attached hydrogen (secondary N) is 1. The predicted octanol–water partition coefficient (Wildman–Crippen LogP) is 4.99. The van der Waals surface area contributed by atoms with Gasteiger partial charge in [0.25, 0.3) is 0 Å². The number of phenolic OH excluding ortho intramolecular Hbond substituents is 1. The maximum absolute atomic E-state index is 16.8. The Hall–Kier alpha value is -4.11. The molecule has 8 nitrogen and oxygen atoms in total. The van der Waals surface area contributed by atoms with Crippen LogP contribution in [0.25, 0.3) is 32.8 Å². The predicted molar refractivity (Wildman–Crippen MR) is 169 cm³/mol. The number of anilines is 1. The molecule has 238 valence electrons. The summed E-state index contributed by atoms with van der Waals surface area (Å²) in [7, 11) is 0. The number of rotatable bonds is 7. The van der Waals surface area contributed by atoms with Crippen molar-refractivity contribution in [2.75, 3.05) is 57.4 Å². The molecule has 3 saturated heterocycles. The standard InChI is InChI=1S/C35H34F3N5O3/c1-2-24-27(36)6-3-20-13-23(44)14-25(29(20)24)30-28(37)15-26-32(31(30)38)40-34(41-33(26)43-16-21-4-5-22(17-43)39-21)46-19-35(7-8-35)18-42-9-11-45-12-10-42/h1,3,6,13-15,21-22,39,44H,4-5,7-12,16-19H2. The van der Waals surface area contributed by atoms with Gasteiger partial charge in [0.05, 0.1) is 30.9 Å². The van der Waals surface area contributed by atoms with Crippen LogP contribution in [0.15, 0.2) is 30.3 Å². The highest BCUT2D eigenvalue weighted by molar-refractivity contribution is 6.04. The number of morpholine rings is 1. The largest absolute Gasteiger partial charge is 0.508 e. The van der Waals surface area contributed by atoms with Gasteiger partial charge in [0, 0.05) is 66.6 Å². The van der Waals surface area contributed by atoms with E-state index < -0.39 is 23.0 Å². The fourth-order valence-electron chi connectivity index (χ4n) is 7.42. The number of aromatic nitrogens is 2. The van der Waals surface area contributed by atoms with E-state index in [1.807, 2.05) is 0 Å². The van der Waals surface area contributed by atoms with E-state index in [1.54, 1.807) is 0 Å². The second-order valence-corrected chi connectivity index (χ2v) is 13.2. The highest BCUT2D eigenvalue weighted by atomic mass is 19.1. The molecule has 4 heterocycles. The second kappa shape index (κ2) is 11.3. The lowest BCUT2D eigenvalue weighted by Gasteiger charge is -2.34. The zero-order chi connectivity index (χ0) is 31.6. The summed E-state index contributed by atoms with van der Waals surface area (Å²) in [6.45, 7) is 5.69. The van der Waals surface area contributed by atoms with Crippen molar-refractivity contribution in [2.24, 2.45) is 5.41 Å². The summed E-state index contributed by atoms with van der Waals surface area (Å²) in [6.07, 6.45) is 9.70. The first-order valence-corrected chi connectivity index (χ1v) is 15.9. The number of aromatic hydroxyl groups is 1. The van der Waals surface area contributed by atoms with E-state index in [2.05, 4.69) is 26.0 Å². The number of terminal acetylenes is 1. The number of hydrogen-bond acceptors (Lipinski definition) is 8. The molecule has 4 aromatic rings. The summed E-state index contributed by atoms with van der Waals surface area (Å²) in [4.78, 5) is 13.7. The number of fused-ring (bicyclic) bond motifs is 4. The zero-order valence-electron chi connectivity index (χ0n) is 25.3. The van der Waals surface area contributed by atoms with E-state index >= 15 is 8.78 Å². The molecule has 0 spiro atoms. The molecule has 1 saturated carbocycles. The average Bonchev–Trinajstić information content (AvgIpc) is 3.73. The van der Waals surface area contributed by atoms with Gasteiger partial charge in [-0.15, -0.1) is 6.42 Å². The maximum Gasteiger partial charge on any atom is 0.319 e. The quantitative estimate of drug-likeness (QED) is 0.277. The molecule has 2 bridgehead atoms. The van der Waals surface area contributed by atoms with Crippen LogP contribution in [0.3, 0.4) is 0 Å². The zero-order valence-corrected chi connectivity index (χ0v) is 25.3. The van der Waals surface area contributed by atoms with Crippen LogP contribution in [0.1, 0.15) is 31.2 Å². The molecule has 4 fully saturated rings. The molecule has 46 heavy (non-hydrogen) atoms. The molecule has 0 radical (unpaired) electrons. The molecule has 2 unspecified atom stereocenters. The highest BCUT2D eigenvalue weighted by Crippen LogP contribution is 2.47. The normalized spacial score (nSPS) is 22.3. The third-order valence-electron chi connectivity index (χ3n) is 9.95. The van der Waals surface area contributed by atoms with Crippen molar-refractivity contribution < 1.29 is 27.8 Å². The number of hydrogen-bond donors (Lipinski definition) is 2. The van der Waals surface area contributed by atoms with Gasteiger partial charge in [0.15, 0.2) is 5.82 Å². The molecule has 11 heteroatoms. The monoisotopic (exact) mass is 629 g/mol. The SMILES string of the molecule is C#Cc1c(F)ccc2cc(O)cc(-c3c(F)cc4c(N5CC6CCC(C5)N6)nc(OCC5(CN6CCOCC6)CC5)nc4c3F)c12. The molecule has 8 rings (SSSR count). The molecule has 2 N–H and O–H groups in total. The summed E-state index contributed by atoms with van der Waals surface area (Å²) >= 11 is 0. The van der Waals surface area contributed by atoms with Crippen LogP contribution < -0.4 is 15.0 Å². The van der Waals surface area contributed by atoms with E-state index in [0.29, 0.717) is 44.1 Å². The Morgan fingerprint density at radius 2 is 1.80 bits per heavy atom. The lowest BCUT2D eigenvalue weighted by atomic mass is 9.92. The third-order valence-corrected chi connectivity index (χ3v) is 9.95. The Morgan fingerprint density at radius 3 is 2.52 bits per heavy atom. The fourth-order valence-corrected chi connectivity index (χ4v) is 7.42. The molecule has 1 aliphatic carbocycles. The number of phenols is 1. The summed E-state index contributed by atoms with van der Waals surface area (Å²) in [6, 6.07) is 6.92. The van der Waals surface area contributed by atoms with E-state index in [4.69, 9.17) is 20.9 Å². The third kappa shape index (κ3) is 5.18. The van der Waals surface area contributed by atoms with Gasteiger partial charge in [-0.25, -0.2) is 13.2 Å². The van der Waals surface area contributed by atoms with Crippen molar-refractivity contribution in [3.05, 3.63) is 53.3 Å². The van der Waals surface area contributed by atoms with Crippen molar-refractivity contribution in [3.8, 4) is 35.2 Å². The van der Waals surface area contributed by atoms with Gasteiger partial charge in [-0.3, -0.25) is 4.90 Å². The Balaban J connectivity index is 1.25. The van der Waals surface area contributed by atoms with Gasteiger partial charge in [0.2, 0.25) is 0 Å². The maximum atomic E-state index is 16.8. The lowest BCUT2D eigenvalue weighted by Crippen LogP contribution is -2.51. The van der Waals surface area contributed by atoms with Crippen LogP contribution in [0.2, 0.25) is 0 Å². The summed E-state index contributed by atoms with van der Waals surface area (Å²) in [5, 5.41) is 14.8. The minimum Gasteiger partial charge on any atom is -0.508 e. The molecule has 0 amide bonds. The lowest BCUT2D eigenvalue weighted by molar-refractivity contribution is 0.0231. The first-order chi connectivity index (χ1) is 22.3. The van der Waals surface area contributed by atoms with Gasteiger partial charge < -0.3 is 24.8 Å². The second-order valence-electron chi connectivity index (χ2n) is 13.2. The fraction of sp³-hybridized carbons (Fsp3) is 0.429. The number of ether oxygens (including phenoxy) is 2.